The standard InChI is InChI=1S/C23H26O2/c1-5-18-9-13-20(14-10-18)23(3,4)17-7-8-22(24)25-21-15-11-19(6-2)12-16-21/h5-6,9-16H,1-2,7-8,17H2,3-4H3. The van der Waals surface area contributed by atoms with Gasteiger partial charge in [0, 0.05) is 6.42 Å². The van der Waals surface area contributed by atoms with Gasteiger partial charge in [-0.1, -0.05) is 75.6 Å². The lowest BCUT2D eigenvalue weighted by molar-refractivity contribution is -0.134. The zero-order chi connectivity index (χ0) is 18.3. The van der Waals surface area contributed by atoms with Crippen molar-refractivity contribution >= 4 is 18.1 Å². The van der Waals surface area contributed by atoms with E-state index in [2.05, 4.69) is 51.3 Å². The van der Waals surface area contributed by atoms with Gasteiger partial charge < -0.3 is 4.74 Å². The lowest BCUT2D eigenvalue weighted by Gasteiger charge is -2.25. The molecule has 0 aliphatic rings. The summed E-state index contributed by atoms with van der Waals surface area (Å²) in [7, 11) is 0. The van der Waals surface area contributed by atoms with Gasteiger partial charge in [-0.15, -0.1) is 0 Å². The highest BCUT2D eigenvalue weighted by Gasteiger charge is 2.20. The van der Waals surface area contributed by atoms with Crippen LogP contribution in [-0.4, -0.2) is 5.97 Å². The minimum atomic E-state index is -0.191. The monoisotopic (exact) mass is 334 g/mol. The van der Waals surface area contributed by atoms with Crippen LogP contribution in [0.15, 0.2) is 61.7 Å². The van der Waals surface area contributed by atoms with E-state index >= 15 is 0 Å². The second kappa shape index (κ2) is 8.48. The van der Waals surface area contributed by atoms with E-state index in [1.54, 1.807) is 18.2 Å². The quantitative estimate of drug-likeness (QED) is 0.435. The minimum absolute atomic E-state index is 0.0194. The molecule has 0 bridgehead atoms. The molecule has 2 aromatic rings. The topological polar surface area (TPSA) is 26.3 Å². The van der Waals surface area contributed by atoms with Crippen molar-refractivity contribution in [3.8, 4) is 5.75 Å². The van der Waals surface area contributed by atoms with Crippen LogP contribution in [0.2, 0.25) is 0 Å². The van der Waals surface area contributed by atoms with Gasteiger partial charge in [0.25, 0.3) is 0 Å². The molecule has 0 aromatic heterocycles. The molecule has 0 aliphatic heterocycles. The van der Waals surface area contributed by atoms with Crippen LogP contribution in [0.5, 0.6) is 5.75 Å². The molecule has 0 heterocycles. The van der Waals surface area contributed by atoms with Crippen molar-refractivity contribution in [3.05, 3.63) is 78.4 Å². The van der Waals surface area contributed by atoms with Gasteiger partial charge in [-0.25, -0.2) is 0 Å². The Morgan fingerprint density at radius 2 is 1.48 bits per heavy atom. The Morgan fingerprint density at radius 1 is 0.960 bits per heavy atom. The first-order chi connectivity index (χ1) is 11.9. The summed E-state index contributed by atoms with van der Waals surface area (Å²) >= 11 is 0. The van der Waals surface area contributed by atoms with Crippen molar-refractivity contribution < 1.29 is 9.53 Å². The van der Waals surface area contributed by atoms with Crippen LogP contribution in [0.3, 0.4) is 0 Å². The van der Waals surface area contributed by atoms with Crippen LogP contribution in [0.25, 0.3) is 12.2 Å². The van der Waals surface area contributed by atoms with E-state index in [0.29, 0.717) is 12.2 Å². The van der Waals surface area contributed by atoms with Gasteiger partial charge in [-0.3, -0.25) is 4.79 Å². The molecule has 2 rings (SSSR count). The van der Waals surface area contributed by atoms with Gasteiger partial charge in [0.1, 0.15) is 5.75 Å². The third kappa shape index (κ3) is 5.46. The van der Waals surface area contributed by atoms with Gasteiger partial charge in [0.15, 0.2) is 0 Å². The van der Waals surface area contributed by atoms with Gasteiger partial charge in [-0.05, 0) is 47.1 Å². The van der Waals surface area contributed by atoms with E-state index in [1.807, 2.05) is 18.2 Å². The molecule has 2 nitrogen and oxygen atoms in total. The molecular weight excluding hydrogens is 308 g/mol. The van der Waals surface area contributed by atoms with Crippen molar-refractivity contribution in [2.45, 2.75) is 38.5 Å². The van der Waals surface area contributed by atoms with Crippen molar-refractivity contribution in [1.29, 1.82) is 0 Å². The normalized spacial score (nSPS) is 11.0. The molecule has 0 amide bonds. The van der Waals surface area contributed by atoms with E-state index in [0.717, 1.165) is 24.0 Å². The zero-order valence-electron chi connectivity index (χ0n) is 15.1. The molecule has 0 N–H and O–H groups in total. The average Bonchev–Trinajstić information content (AvgIpc) is 2.62. The highest BCUT2D eigenvalue weighted by atomic mass is 16.5. The Kier molecular flexibility index (Phi) is 6.35. The van der Waals surface area contributed by atoms with E-state index in [-0.39, 0.29) is 11.4 Å². The van der Waals surface area contributed by atoms with E-state index in [4.69, 9.17) is 4.74 Å². The summed E-state index contributed by atoms with van der Waals surface area (Å²) in [5.74, 6) is 0.388. The van der Waals surface area contributed by atoms with Gasteiger partial charge in [0.2, 0.25) is 0 Å². The third-order valence-electron chi connectivity index (χ3n) is 4.46. The Hall–Kier alpha value is -2.61. The minimum Gasteiger partial charge on any atom is -0.427 e. The summed E-state index contributed by atoms with van der Waals surface area (Å²) in [6.07, 6.45) is 5.73. The Morgan fingerprint density at radius 3 is 2.00 bits per heavy atom. The number of carbonyl (C=O) groups is 1. The summed E-state index contributed by atoms with van der Waals surface area (Å²) in [5.41, 5.74) is 3.41. The lowest BCUT2D eigenvalue weighted by Crippen LogP contribution is -2.18. The van der Waals surface area contributed by atoms with Crippen LogP contribution in [0, 0.1) is 0 Å². The second-order valence-electron chi connectivity index (χ2n) is 6.81. The number of carbonyl (C=O) groups excluding carboxylic acids is 1. The number of ether oxygens (including phenoxy) is 1. The first-order valence-electron chi connectivity index (χ1n) is 8.61. The van der Waals surface area contributed by atoms with Crippen molar-refractivity contribution in [2.75, 3.05) is 0 Å². The molecule has 0 unspecified atom stereocenters. The molecule has 0 atom stereocenters. The summed E-state index contributed by atoms with van der Waals surface area (Å²) in [5, 5.41) is 0. The predicted octanol–water partition coefficient (Wildman–Crippen LogP) is 6.03. The number of rotatable bonds is 8. The first-order valence-corrected chi connectivity index (χ1v) is 8.61. The molecule has 2 heteroatoms. The maximum Gasteiger partial charge on any atom is 0.311 e. The Labute approximate surface area is 150 Å². The predicted molar refractivity (Wildman–Crippen MR) is 106 cm³/mol. The van der Waals surface area contributed by atoms with Gasteiger partial charge >= 0.3 is 5.97 Å². The van der Waals surface area contributed by atoms with Gasteiger partial charge in [-0.2, -0.15) is 0 Å². The largest absolute Gasteiger partial charge is 0.427 e. The van der Waals surface area contributed by atoms with E-state index in [1.165, 1.54) is 5.56 Å². The fourth-order valence-corrected chi connectivity index (χ4v) is 2.74. The molecule has 0 spiro atoms. The third-order valence-corrected chi connectivity index (χ3v) is 4.46. The summed E-state index contributed by atoms with van der Waals surface area (Å²) in [4.78, 5) is 12.0. The lowest BCUT2D eigenvalue weighted by atomic mass is 9.80. The molecule has 0 radical (unpaired) electrons. The highest BCUT2D eigenvalue weighted by Crippen LogP contribution is 2.29. The number of hydrogen-bond donors (Lipinski definition) is 0. The van der Waals surface area contributed by atoms with E-state index in [9.17, 15) is 4.79 Å². The molecule has 25 heavy (non-hydrogen) atoms. The molecule has 0 fully saturated rings. The Bertz CT molecular complexity index is 722. The van der Waals surface area contributed by atoms with Crippen molar-refractivity contribution in [3.63, 3.8) is 0 Å². The summed E-state index contributed by atoms with van der Waals surface area (Å²) < 4.78 is 5.38. The van der Waals surface area contributed by atoms with E-state index < -0.39 is 0 Å². The molecule has 0 saturated carbocycles. The smallest absolute Gasteiger partial charge is 0.311 e. The maximum atomic E-state index is 12.0. The number of hydrogen-bond acceptors (Lipinski definition) is 2. The fourth-order valence-electron chi connectivity index (χ4n) is 2.74. The maximum absolute atomic E-state index is 12.0. The van der Waals surface area contributed by atoms with Gasteiger partial charge in [0.05, 0.1) is 0 Å². The van der Waals surface area contributed by atoms with Crippen molar-refractivity contribution in [1.82, 2.24) is 0 Å². The average molecular weight is 334 g/mol. The SMILES string of the molecule is C=Cc1ccc(OC(=O)CCCC(C)(C)c2ccc(C=C)cc2)cc1. The highest BCUT2D eigenvalue weighted by molar-refractivity contribution is 5.72. The zero-order valence-corrected chi connectivity index (χ0v) is 15.1. The van der Waals surface area contributed by atoms with Crippen LogP contribution < -0.4 is 4.74 Å². The van der Waals surface area contributed by atoms with Crippen molar-refractivity contribution in [2.24, 2.45) is 0 Å². The summed E-state index contributed by atoms with van der Waals surface area (Å²) in [6.45, 7) is 11.9. The first kappa shape index (κ1) is 18.7. The number of benzene rings is 2. The fraction of sp³-hybridized carbons (Fsp3) is 0.261. The summed E-state index contributed by atoms with van der Waals surface area (Å²) in [6, 6.07) is 15.8. The molecule has 0 saturated heterocycles. The Balaban J connectivity index is 1.84. The van der Waals surface area contributed by atoms with Crippen LogP contribution >= 0.6 is 0 Å². The molecule has 0 aliphatic carbocycles. The van der Waals surface area contributed by atoms with Crippen LogP contribution in [-0.2, 0) is 10.2 Å². The second-order valence-corrected chi connectivity index (χ2v) is 6.81. The molecule has 2 aromatic carbocycles. The van der Waals surface area contributed by atoms with Crippen LogP contribution in [0.4, 0.5) is 0 Å². The van der Waals surface area contributed by atoms with Crippen LogP contribution in [0.1, 0.15) is 49.8 Å². The molecule has 130 valence electrons. The molecular formula is C23H26O2. The number of esters is 1.